The number of rotatable bonds is 6. The lowest BCUT2D eigenvalue weighted by Gasteiger charge is -2.28. The molecule has 0 spiro atoms. The number of carbonyl (C=O) groups excluding carboxylic acids is 1. The van der Waals surface area contributed by atoms with Gasteiger partial charge in [-0.05, 0) is 59.4 Å². The van der Waals surface area contributed by atoms with Crippen molar-refractivity contribution in [2.24, 2.45) is 0 Å². The van der Waals surface area contributed by atoms with Crippen LogP contribution in [0.3, 0.4) is 0 Å². The van der Waals surface area contributed by atoms with E-state index >= 15 is 0 Å². The van der Waals surface area contributed by atoms with E-state index in [0.29, 0.717) is 11.7 Å². The first-order valence-corrected chi connectivity index (χ1v) is 11.3. The molecule has 33 heavy (non-hydrogen) atoms. The molecule has 7 heteroatoms. The molecule has 3 heterocycles. The number of carbonyl (C=O) groups is 1. The highest BCUT2D eigenvalue weighted by atomic mass is 32.1. The van der Waals surface area contributed by atoms with Gasteiger partial charge in [-0.25, -0.2) is 0 Å². The van der Waals surface area contributed by atoms with Crippen molar-refractivity contribution in [3.05, 3.63) is 96.6 Å². The van der Waals surface area contributed by atoms with Gasteiger partial charge in [0.25, 0.3) is 0 Å². The third kappa shape index (κ3) is 4.07. The van der Waals surface area contributed by atoms with Crippen molar-refractivity contribution in [3.63, 3.8) is 0 Å². The van der Waals surface area contributed by atoms with E-state index in [-0.39, 0.29) is 24.5 Å². The fourth-order valence-electron chi connectivity index (χ4n) is 4.48. The number of fused-ring (bicyclic) bond motifs is 1. The summed E-state index contributed by atoms with van der Waals surface area (Å²) in [6, 6.07) is 24.5. The number of hydrogen-bond donors (Lipinski definition) is 1. The SMILES string of the molecule is COC(=O)CCN1C(=S)N[C@H](c2ccccn2)[C@@H]1c1cccn1-c1ccc2ccccc2c1. The number of aromatic nitrogens is 2. The fourth-order valence-corrected chi connectivity index (χ4v) is 4.81. The van der Waals surface area contributed by atoms with Crippen molar-refractivity contribution >= 4 is 34.1 Å². The predicted octanol–water partition coefficient (Wildman–Crippen LogP) is 4.56. The number of hydrogen-bond acceptors (Lipinski definition) is 4. The Morgan fingerprint density at radius 2 is 1.88 bits per heavy atom. The van der Waals surface area contributed by atoms with Crippen molar-refractivity contribution < 1.29 is 9.53 Å². The van der Waals surface area contributed by atoms with Crippen molar-refractivity contribution in [2.45, 2.75) is 18.5 Å². The highest BCUT2D eigenvalue weighted by Crippen LogP contribution is 2.39. The molecule has 0 aliphatic carbocycles. The lowest BCUT2D eigenvalue weighted by atomic mass is 10.0. The van der Waals surface area contributed by atoms with Crippen LogP contribution in [0.2, 0.25) is 0 Å². The maximum Gasteiger partial charge on any atom is 0.307 e. The molecule has 2 aromatic heterocycles. The molecule has 1 saturated heterocycles. The van der Waals surface area contributed by atoms with E-state index in [1.54, 1.807) is 6.20 Å². The van der Waals surface area contributed by atoms with E-state index in [1.807, 2.05) is 36.4 Å². The molecule has 2 atom stereocenters. The van der Waals surface area contributed by atoms with Crippen molar-refractivity contribution in [2.75, 3.05) is 13.7 Å². The number of nitrogens with zero attached hydrogens (tertiary/aromatic N) is 3. The molecule has 6 nitrogen and oxygen atoms in total. The number of pyridine rings is 1. The molecule has 1 fully saturated rings. The fraction of sp³-hybridized carbons (Fsp3) is 0.192. The molecule has 1 aliphatic rings. The lowest BCUT2D eigenvalue weighted by Crippen LogP contribution is -2.32. The van der Waals surface area contributed by atoms with E-state index in [4.69, 9.17) is 17.0 Å². The van der Waals surface area contributed by atoms with Gasteiger partial charge in [-0.3, -0.25) is 9.78 Å². The minimum absolute atomic E-state index is 0.140. The van der Waals surface area contributed by atoms with Gasteiger partial charge in [-0.1, -0.05) is 36.4 Å². The van der Waals surface area contributed by atoms with Crippen LogP contribution in [0.5, 0.6) is 0 Å². The molecule has 0 radical (unpaired) electrons. The summed E-state index contributed by atoms with van der Waals surface area (Å²) in [6.45, 7) is 0.454. The first-order valence-electron chi connectivity index (χ1n) is 10.9. The second-order valence-electron chi connectivity index (χ2n) is 7.98. The second kappa shape index (κ2) is 9.03. The van der Waals surface area contributed by atoms with Gasteiger partial charge in [0.05, 0.1) is 31.3 Å². The van der Waals surface area contributed by atoms with Gasteiger partial charge >= 0.3 is 5.97 Å². The van der Waals surface area contributed by atoms with Crippen LogP contribution in [0.25, 0.3) is 16.5 Å². The average molecular weight is 457 g/mol. The monoisotopic (exact) mass is 456 g/mol. The van der Waals surface area contributed by atoms with Crippen molar-refractivity contribution in [3.8, 4) is 5.69 Å². The number of methoxy groups -OCH3 is 1. The summed E-state index contributed by atoms with van der Waals surface area (Å²) in [6.07, 6.45) is 4.10. The highest BCUT2D eigenvalue weighted by Gasteiger charge is 2.41. The van der Waals surface area contributed by atoms with Crippen LogP contribution >= 0.6 is 12.2 Å². The molecule has 0 unspecified atom stereocenters. The van der Waals surface area contributed by atoms with Crippen LogP contribution in [0.4, 0.5) is 0 Å². The van der Waals surface area contributed by atoms with Gasteiger partial charge in [0.15, 0.2) is 5.11 Å². The molecular formula is C26H24N4O2S. The summed E-state index contributed by atoms with van der Waals surface area (Å²) < 4.78 is 7.06. The Hall–Kier alpha value is -3.71. The maximum absolute atomic E-state index is 11.9. The third-order valence-corrected chi connectivity index (χ3v) is 6.43. The van der Waals surface area contributed by atoms with E-state index in [1.165, 1.54) is 17.9 Å². The second-order valence-corrected chi connectivity index (χ2v) is 8.37. The van der Waals surface area contributed by atoms with E-state index in [2.05, 4.69) is 62.4 Å². The zero-order valence-electron chi connectivity index (χ0n) is 18.2. The topological polar surface area (TPSA) is 59.4 Å². The van der Waals surface area contributed by atoms with Crippen LogP contribution < -0.4 is 5.32 Å². The Labute approximate surface area is 197 Å². The van der Waals surface area contributed by atoms with E-state index < -0.39 is 0 Å². The van der Waals surface area contributed by atoms with Crippen LogP contribution in [0.1, 0.15) is 29.9 Å². The number of ether oxygens (including phenoxy) is 1. The minimum atomic E-state index is -0.261. The molecule has 0 amide bonds. The zero-order chi connectivity index (χ0) is 22.8. The molecule has 1 aliphatic heterocycles. The normalized spacial score (nSPS) is 17.8. The Morgan fingerprint density at radius 1 is 1.06 bits per heavy atom. The summed E-state index contributed by atoms with van der Waals surface area (Å²) in [7, 11) is 1.40. The largest absolute Gasteiger partial charge is 0.469 e. The van der Waals surface area contributed by atoms with Gasteiger partial charge in [-0.2, -0.15) is 0 Å². The molecule has 0 bridgehead atoms. The molecule has 2 aromatic carbocycles. The summed E-state index contributed by atoms with van der Waals surface area (Å²) in [5, 5.41) is 6.42. The number of nitrogens with one attached hydrogen (secondary N) is 1. The predicted molar refractivity (Wildman–Crippen MR) is 132 cm³/mol. The standard InChI is InChI=1S/C26H24N4O2S/c1-32-23(31)13-16-30-25(24(28-26(30)33)21-9-4-5-14-27-21)22-10-6-15-29(22)20-12-11-18-7-2-3-8-19(18)17-20/h2-12,14-15,17,24-25H,13,16H2,1H3,(H,28,33)/t24-,25+/m1/s1. The molecular weight excluding hydrogens is 432 g/mol. The van der Waals surface area contributed by atoms with Gasteiger partial charge in [-0.15, -0.1) is 0 Å². The van der Waals surface area contributed by atoms with Crippen molar-refractivity contribution in [1.29, 1.82) is 0 Å². The molecule has 5 rings (SSSR count). The van der Waals surface area contributed by atoms with Crippen LogP contribution in [-0.2, 0) is 9.53 Å². The first-order chi connectivity index (χ1) is 16.2. The molecule has 166 valence electrons. The number of thiocarbonyl (C=S) groups is 1. The minimum Gasteiger partial charge on any atom is -0.469 e. The van der Waals surface area contributed by atoms with Gasteiger partial charge in [0, 0.05) is 30.3 Å². The van der Waals surface area contributed by atoms with Gasteiger partial charge in [0.1, 0.15) is 0 Å². The summed E-state index contributed by atoms with van der Waals surface area (Å²) in [5.74, 6) is -0.261. The summed E-state index contributed by atoms with van der Waals surface area (Å²) >= 11 is 5.71. The molecule has 1 N–H and O–H groups in total. The first kappa shape index (κ1) is 21.2. The number of benzene rings is 2. The Balaban J connectivity index is 1.58. The number of esters is 1. The quantitative estimate of drug-likeness (QED) is 0.339. The lowest BCUT2D eigenvalue weighted by molar-refractivity contribution is -0.140. The Bertz CT molecular complexity index is 1300. The zero-order valence-corrected chi connectivity index (χ0v) is 19.0. The van der Waals surface area contributed by atoms with Crippen LogP contribution in [0.15, 0.2) is 85.2 Å². The smallest absolute Gasteiger partial charge is 0.307 e. The van der Waals surface area contributed by atoms with Gasteiger partial charge in [0.2, 0.25) is 0 Å². The summed E-state index contributed by atoms with van der Waals surface area (Å²) in [4.78, 5) is 18.6. The Kier molecular flexibility index (Phi) is 5.79. The van der Waals surface area contributed by atoms with Crippen molar-refractivity contribution in [1.82, 2.24) is 19.8 Å². The summed E-state index contributed by atoms with van der Waals surface area (Å²) in [5.41, 5.74) is 3.04. The average Bonchev–Trinajstić information content (AvgIpc) is 3.47. The molecule has 4 aromatic rings. The van der Waals surface area contributed by atoms with E-state index in [9.17, 15) is 4.79 Å². The van der Waals surface area contributed by atoms with E-state index in [0.717, 1.165) is 17.1 Å². The van der Waals surface area contributed by atoms with Crippen LogP contribution in [0, 0.1) is 0 Å². The Morgan fingerprint density at radius 3 is 2.67 bits per heavy atom. The third-order valence-electron chi connectivity index (χ3n) is 6.08. The van der Waals surface area contributed by atoms with Gasteiger partial charge < -0.3 is 19.5 Å². The molecule has 0 saturated carbocycles. The maximum atomic E-state index is 11.9. The van der Waals surface area contributed by atoms with Crippen LogP contribution in [-0.4, -0.2) is 39.2 Å². The highest BCUT2D eigenvalue weighted by molar-refractivity contribution is 7.80.